The maximum atomic E-state index is 12.4. The fraction of sp³-hybridized carbons (Fsp3) is 0.200. The number of amides is 1. The summed E-state index contributed by atoms with van der Waals surface area (Å²) in [6, 6.07) is 15.4. The fourth-order valence-electron chi connectivity index (χ4n) is 2.41. The molecule has 26 heavy (non-hydrogen) atoms. The molecule has 134 valence electrons. The van der Waals surface area contributed by atoms with Crippen LogP contribution in [0.3, 0.4) is 0 Å². The van der Waals surface area contributed by atoms with Gasteiger partial charge in [-0.15, -0.1) is 11.3 Å². The molecule has 0 aliphatic rings. The Balaban J connectivity index is 1.64. The van der Waals surface area contributed by atoms with Crippen LogP contribution in [0.4, 0.5) is 5.69 Å². The number of nitrogens with zero attached hydrogens (tertiary/aromatic N) is 2. The van der Waals surface area contributed by atoms with Crippen LogP contribution in [0.15, 0.2) is 53.9 Å². The topological polar surface area (TPSA) is 45.2 Å². The predicted octanol–water partition coefficient (Wildman–Crippen LogP) is 4.82. The molecule has 6 heteroatoms. The number of hydrogen-bond acceptors (Lipinski definition) is 4. The number of rotatable bonds is 6. The first-order valence-corrected chi connectivity index (χ1v) is 9.53. The van der Waals surface area contributed by atoms with Crippen molar-refractivity contribution in [1.82, 2.24) is 9.88 Å². The molecular weight excluding hydrogens is 366 g/mol. The fourth-order valence-corrected chi connectivity index (χ4v) is 3.34. The van der Waals surface area contributed by atoms with Gasteiger partial charge in [0.2, 0.25) is 0 Å². The molecule has 0 unspecified atom stereocenters. The molecule has 0 fully saturated rings. The van der Waals surface area contributed by atoms with Gasteiger partial charge < -0.3 is 10.2 Å². The average Bonchev–Trinajstić information content (AvgIpc) is 3.12. The Morgan fingerprint density at radius 1 is 1.12 bits per heavy atom. The van der Waals surface area contributed by atoms with Crippen LogP contribution in [0, 0.1) is 0 Å². The lowest BCUT2D eigenvalue weighted by Gasteiger charge is -2.09. The third-order valence-corrected chi connectivity index (χ3v) is 5.03. The van der Waals surface area contributed by atoms with Gasteiger partial charge in [-0.2, -0.15) is 0 Å². The number of benzene rings is 2. The smallest absolute Gasteiger partial charge is 0.275 e. The zero-order valence-corrected chi connectivity index (χ0v) is 16.3. The molecule has 1 aromatic heterocycles. The van der Waals surface area contributed by atoms with Gasteiger partial charge in [0.25, 0.3) is 5.91 Å². The number of hydrogen-bond donors (Lipinski definition) is 1. The molecule has 0 spiro atoms. The van der Waals surface area contributed by atoms with E-state index in [9.17, 15) is 4.79 Å². The highest BCUT2D eigenvalue weighted by Crippen LogP contribution is 2.25. The Morgan fingerprint density at radius 3 is 2.46 bits per heavy atom. The summed E-state index contributed by atoms with van der Waals surface area (Å²) in [5.41, 5.74) is 3.38. The van der Waals surface area contributed by atoms with Crippen LogP contribution in [0.1, 0.15) is 16.1 Å². The van der Waals surface area contributed by atoms with E-state index in [1.54, 1.807) is 5.38 Å². The summed E-state index contributed by atoms with van der Waals surface area (Å²) in [7, 11) is 4.11. The molecule has 1 amide bonds. The van der Waals surface area contributed by atoms with Crippen molar-refractivity contribution in [2.24, 2.45) is 0 Å². The normalized spacial score (nSPS) is 10.9. The van der Waals surface area contributed by atoms with Gasteiger partial charge >= 0.3 is 0 Å². The monoisotopic (exact) mass is 385 g/mol. The van der Waals surface area contributed by atoms with Gasteiger partial charge in [0.05, 0.1) is 0 Å². The van der Waals surface area contributed by atoms with Crippen LogP contribution in [0.25, 0.3) is 10.6 Å². The van der Waals surface area contributed by atoms with Crippen molar-refractivity contribution in [3.8, 4) is 10.6 Å². The summed E-state index contributed by atoms with van der Waals surface area (Å²) in [6.07, 6.45) is 0.984. The van der Waals surface area contributed by atoms with Crippen molar-refractivity contribution in [3.63, 3.8) is 0 Å². The highest BCUT2D eigenvalue weighted by Gasteiger charge is 2.12. The first-order chi connectivity index (χ1) is 12.5. The van der Waals surface area contributed by atoms with E-state index in [0.717, 1.165) is 29.2 Å². The molecule has 3 aromatic rings. The van der Waals surface area contributed by atoms with Gasteiger partial charge in [0, 0.05) is 28.2 Å². The summed E-state index contributed by atoms with van der Waals surface area (Å²) in [4.78, 5) is 19.0. The number of anilines is 1. The quantitative estimate of drug-likeness (QED) is 0.661. The summed E-state index contributed by atoms with van der Waals surface area (Å²) in [6.45, 7) is 0.998. The Bertz CT molecular complexity index is 873. The Kier molecular flexibility index (Phi) is 6.04. The van der Waals surface area contributed by atoms with Crippen molar-refractivity contribution >= 4 is 34.5 Å². The molecule has 1 N–H and O–H groups in total. The molecule has 0 atom stereocenters. The molecule has 2 aromatic carbocycles. The van der Waals surface area contributed by atoms with Gasteiger partial charge in [-0.25, -0.2) is 4.98 Å². The van der Waals surface area contributed by atoms with E-state index >= 15 is 0 Å². The maximum Gasteiger partial charge on any atom is 0.275 e. The molecule has 0 saturated heterocycles. The molecule has 3 rings (SSSR count). The number of carbonyl (C=O) groups is 1. The summed E-state index contributed by atoms with van der Waals surface area (Å²) in [5.74, 6) is -0.206. The Labute approximate surface area is 162 Å². The largest absolute Gasteiger partial charge is 0.321 e. The minimum Gasteiger partial charge on any atom is -0.321 e. The lowest BCUT2D eigenvalue weighted by molar-refractivity contribution is 0.102. The van der Waals surface area contributed by atoms with Crippen molar-refractivity contribution in [2.45, 2.75) is 6.42 Å². The van der Waals surface area contributed by atoms with Crippen LogP contribution in [-0.2, 0) is 6.42 Å². The second-order valence-corrected chi connectivity index (χ2v) is 7.54. The van der Waals surface area contributed by atoms with E-state index in [2.05, 4.69) is 29.3 Å². The van der Waals surface area contributed by atoms with Crippen molar-refractivity contribution in [3.05, 3.63) is 70.2 Å². The van der Waals surface area contributed by atoms with Crippen LogP contribution in [0.2, 0.25) is 5.02 Å². The number of carbonyl (C=O) groups excluding carboxylic acids is 1. The molecule has 1 heterocycles. The number of halogens is 1. The van der Waals surface area contributed by atoms with Crippen molar-refractivity contribution in [1.29, 1.82) is 0 Å². The van der Waals surface area contributed by atoms with Crippen LogP contribution in [0.5, 0.6) is 0 Å². The van der Waals surface area contributed by atoms with Crippen LogP contribution >= 0.6 is 22.9 Å². The predicted molar refractivity (Wildman–Crippen MR) is 109 cm³/mol. The molecule has 0 saturated carbocycles. The van der Waals surface area contributed by atoms with Gasteiger partial charge in [-0.05, 0) is 50.3 Å². The Morgan fingerprint density at radius 2 is 1.81 bits per heavy atom. The van der Waals surface area contributed by atoms with Gasteiger partial charge in [0.15, 0.2) is 0 Å². The number of nitrogens with one attached hydrogen (secondary N) is 1. The van der Waals surface area contributed by atoms with Crippen LogP contribution < -0.4 is 5.32 Å². The van der Waals surface area contributed by atoms with Gasteiger partial charge in [-0.1, -0.05) is 35.9 Å². The molecule has 0 aliphatic carbocycles. The van der Waals surface area contributed by atoms with E-state index in [4.69, 9.17) is 11.6 Å². The molecule has 4 nitrogen and oxygen atoms in total. The molecular formula is C20H20ClN3OS. The van der Waals surface area contributed by atoms with Crippen molar-refractivity contribution < 1.29 is 4.79 Å². The molecule has 0 aliphatic heterocycles. The lowest BCUT2D eigenvalue weighted by Crippen LogP contribution is -2.15. The maximum absolute atomic E-state index is 12.4. The zero-order valence-electron chi connectivity index (χ0n) is 14.7. The minimum absolute atomic E-state index is 0.206. The average molecular weight is 386 g/mol. The number of likely N-dealkylation sites (N-methyl/N-ethyl adjacent to an activating group) is 1. The third kappa shape index (κ3) is 4.91. The highest BCUT2D eigenvalue weighted by atomic mass is 35.5. The van der Waals surface area contributed by atoms with Crippen molar-refractivity contribution in [2.75, 3.05) is 26.0 Å². The van der Waals surface area contributed by atoms with Crippen LogP contribution in [-0.4, -0.2) is 36.4 Å². The summed E-state index contributed by atoms with van der Waals surface area (Å²) in [5, 5.41) is 6.14. The molecule has 0 radical (unpaired) electrons. The van der Waals surface area contributed by atoms with E-state index in [1.165, 1.54) is 16.9 Å². The molecule has 0 bridgehead atoms. The SMILES string of the molecule is CN(C)CCc1ccc(NC(=O)c2csc(-c3ccc(Cl)cc3)n2)cc1. The van der Waals surface area contributed by atoms with E-state index < -0.39 is 0 Å². The van der Waals surface area contributed by atoms with Gasteiger partial charge in [-0.3, -0.25) is 4.79 Å². The zero-order chi connectivity index (χ0) is 18.5. The highest BCUT2D eigenvalue weighted by molar-refractivity contribution is 7.13. The van der Waals surface area contributed by atoms with E-state index in [0.29, 0.717) is 10.7 Å². The minimum atomic E-state index is -0.206. The lowest BCUT2D eigenvalue weighted by atomic mass is 10.1. The number of thiazole rings is 1. The summed E-state index contributed by atoms with van der Waals surface area (Å²) >= 11 is 7.35. The second kappa shape index (κ2) is 8.45. The third-order valence-electron chi connectivity index (χ3n) is 3.89. The van der Waals surface area contributed by atoms with E-state index in [1.807, 2.05) is 48.5 Å². The second-order valence-electron chi connectivity index (χ2n) is 6.25. The van der Waals surface area contributed by atoms with E-state index in [-0.39, 0.29) is 5.91 Å². The number of aromatic nitrogens is 1. The summed E-state index contributed by atoms with van der Waals surface area (Å²) < 4.78 is 0. The van der Waals surface area contributed by atoms with Gasteiger partial charge in [0.1, 0.15) is 10.7 Å². The first kappa shape index (κ1) is 18.6. The first-order valence-electron chi connectivity index (χ1n) is 8.28. The Hall–Kier alpha value is -2.21. The standard InChI is InChI=1S/C20H20ClN3OS/c1-24(2)12-11-14-3-9-17(10-4-14)22-19(25)18-13-26-20(23-18)15-5-7-16(21)8-6-15/h3-10,13H,11-12H2,1-2H3,(H,22,25).